The molecule has 0 aliphatic heterocycles. The summed E-state index contributed by atoms with van der Waals surface area (Å²) in [5, 5.41) is 4.39. The predicted molar refractivity (Wildman–Crippen MR) is 78.0 cm³/mol. The van der Waals surface area contributed by atoms with Crippen molar-refractivity contribution in [3.63, 3.8) is 0 Å². The highest BCUT2D eigenvalue weighted by atomic mass is 15.0. The molecule has 0 atom stereocenters. The van der Waals surface area contributed by atoms with Crippen LogP contribution in [-0.2, 0) is 6.54 Å². The molecule has 0 bridgehead atoms. The normalized spacial score (nSPS) is 10.6. The summed E-state index contributed by atoms with van der Waals surface area (Å²) >= 11 is 0. The molecule has 0 amide bonds. The molecular formula is C16H15N3. The topological polar surface area (TPSA) is 37.8 Å². The third-order valence-corrected chi connectivity index (χ3v) is 3.01. The van der Waals surface area contributed by atoms with E-state index in [1.54, 1.807) is 0 Å². The zero-order chi connectivity index (χ0) is 13.1. The zero-order valence-corrected chi connectivity index (χ0v) is 10.8. The summed E-state index contributed by atoms with van der Waals surface area (Å²) in [5.41, 5.74) is 3.01. The number of nitrogens with zero attached hydrogens (tertiary/aromatic N) is 2. The lowest BCUT2D eigenvalue weighted by molar-refractivity contribution is 1.11. The summed E-state index contributed by atoms with van der Waals surface area (Å²) < 4.78 is 0. The van der Waals surface area contributed by atoms with Crippen molar-refractivity contribution in [3.8, 4) is 0 Å². The lowest BCUT2D eigenvalue weighted by Crippen LogP contribution is -2.01. The van der Waals surface area contributed by atoms with Gasteiger partial charge in [-0.2, -0.15) is 0 Å². The number of hydrogen-bond donors (Lipinski definition) is 1. The van der Waals surface area contributed by atoms with Gasteiger partial charge >= 0.3 is 0 Å². The Morgan fingerprint density at radius 3 is 2.53 bits per heavy atom. The van der Waals surface area contributed by atoms with E-state index in [4.69, 9.17) is 0 Å². The minimum Gasteiger partial charge on any atom is -0.366 e. The van der Waals surface area contributed by atoms with Crippen LogP contribution in [0.15, 0.2) is 54.6 Å². The van der Waals surface area contributed by atoms with Crippen molar-refractivity contribution in [2.75, 3.05) is 5.32 Å². The van der Waals surface area contributed by atoms with Crippen LogP contribution in [-0.4, -0.2) is 9.97 Å². The fraction of sp³-hybridized carbons (Fsp3) is 0.125. The Kier molecular flexibility index (Phi) is 3.11. The van der Waals surface area contributed by atoms with Crippen molar-refractivity contribution in [2.24, 2.45) is 0 Å². The van der Waals surface area contributed by atoms with Gasteiger partial charge in [-0.3, -0.25) is 0 Å². The van der Waals surface area contributed by atoms with Gasteiger partial charge in [0.25, 0.3) is 0 Å². The van der Waals surface area contributed by atoms with E-state index in [1.165, 1.54) is 5.56 Å². The smallest absolute Gasteiger partial charge is 0.161 e. The van der Waals surface area contributed by atoms with E-state index in [9.17, 15) is 0 Å². The van der Waals surface area contributed by atoms with E-state index >= 15 is 0 Å². The van der Waals surface area contributed by atoms with Crippen LogP contribution < -0.4 is 5.32 Å². The minimum absolute atomic E-state index is 0.769. The molecule has 3 aromatic rings. The van der Waals surface area contributed by atoms with Crippen molar-refractivity contribution in [2.45, 2.75) is 13.5 Å². The molecule has 0 saturated carbocycles. The maximum Gasteiger partial charge on any atom is 0.161 e. The van der Waals surface area contributed by atoms with E-state index < -0.39 is 0 Å². The number of anilines is 1. The highest BCUT2D eigenvalue weighted by Gasteiger charge is 2.00. The number of nitrogens with one attached hydrogen (secondary N) is 1. The van der Waals surface area contributed by atoms with Crippen LogP contribution in [0, 0.1) is 6.92 Å². The highest BCUT2D eigenvalue weighted by molar-refractivity contribution is 5.76. The second-order valence-corrected chi connectivity index (χ2v) is 4.53. The fourth-order valence-corrected chi connectivity index (χ4v) is 1.98. The molecule has 0 radical (unpaired) electrons. The fourth-order valence-electron chi connectivity index (χ4n) is 1.98. The number of benzene rings is 1. The molecule has 3 nitrogen and oxygen atoms in total. The van der Waals surface area contributed by atoms with Crippen LogP contribution in [0.2, 0.25) is 0 Å². The summed E-state index contributed by atoms with van der Waals surface area (Å²) in [6.45, 7) is 2.75. The number of fused-ring (bicyclic) bond motifs is 1. The van der Waals surface area contributed by atoms with Crippen molar-refractivity contribution >= 4 is 16.9 Å². The standard InChI is InChI=1S/C16H15N3/c1-12-7-8-14-9-10-15(19-16(14)18-12)17-11-13-5-3-2-4-6-13/h2-10H,11H2,1H3,(H,17,18,19). The Labute approximate surface area is 112 Å². The van der Waals surface area contributed by atoms with Gasteiger partial charge in [0.05, 0.1) is 0 Å². The third-order valence-electron chi connectivity index (χ3n) is 3.01. The molecule has 1 aromatic carbocycles. The molecule has 2 aromatic heterocycles. The number of pyridine rings is 2. The number of aryl methyl sites for hydroxylation is 1. The van der Waals surface area contributed by atoms with Gasteiger partial charge in [0.15, 0.2) is 5.65 Å². The van der Waals surface area contributed by atoms with Gasteiger partial charge in [-0.15, -0.1) is 0 Å². The third kappa shape index (κ3) is 2.71. The number of rotatable bonds is 3. The Bertz CT molecular complexity index is 693. The first-order valence-corrected chi connectivity index (χ1v) is 6.33. The predicted octanol–water partition coefficient (Wildman–Crippen LogP) is 3.55. The summed E-state index contributed by atoms with van der Waals surface area (Å²) in [6, 6.07) is 18.4. The zero-order valence-electron chi connectivity index (χ0n) is 10.8. The van der Waals surface area contributed by atoms with Gasteiger partial charge in [-0.25, -0.2) is 9.97 Å². The van der Waals surface area contributed by atoms with Gasteiger partial charge in [-0.05, 0) is 36.8 Å². The molecule has 3 heteroatoms. The van der Waals surface area contributed by atoms with Gasteiger partial charge in [0.1, 0.15) is 5.82 Å². The Balaban J connectivity index is 1.81. The number of aromatic nitrogens is 2. The lowest BCUT2D eigenvalue weighted by atomic mass is 10.2. The molecule has 0 fully saturated rings. The van der Waals surface area contributed by atoms with Crippen LogP contribution >= 0.6 is 0 Å². The molecule has 3 rings (SSSR count). The summed E-state index contributed by atoms with van der Waals surface area (Å²) in [5.74, 6) is 0.856. The van der Waals surface area contributed by atoms with E-state index in [0.29, 0.717) is 0 Å². The van der Waals surface area contributed by atoms with Gasteiger partial charge < -0.3 is 5.32 Å². The van der Waals surface area contributed by atoms with Crippen molar-refractivity contribution in [3.05, 3.63) is 65.9 Å². The molecular weight excluding hydrogens is 234 g/mol. The maximum atomic E-state index is 4.53. The lowest BCUT2D eigenvalue weighted by Gasteiger charge is -2.06. The van der Waals surface area contributed by atoms with Gasteiger partial charge in [-0.1, -0.05) is 30.3 Å². The molecule has 0 saturated heterocycles. The average Bonchev–Trinajstić information content (AvgIpc) is 2.46. The van der Waals surface area contributed by atoms with Gasteiger partial charge in [0, 0.05) is 17.6 Å². The SMILES string of the molecule is Cc1ccc2ccc(NCc3ccccc3)nc2n1. The Morgan fingerprint density at radius 2 is 1.68 bits per heavy atom. The summed E-state index contributed by atoms with van der Waals surface area (Å²) in [7, 11) is 0. The van der Waals surface area contributed by atoms with Crippen molar-refractivity contribution < 1.29 is 0 Å². The minimum atomic E-state index is 0.769. The molecule has 0 aliphatic carbocycles. The van der Waals surface area contributed by atoms with Crippen LogP contribution in [0.25, 0.3) is 11.0 Å². The van der Waals surface area contributed by atoms with Crippen LogP contribution in [0.5, 0.6) is 0 Å². The maximum absolute atomic E-state index is 4.53. The largest absolute Gasteiger partial charge is 0.366 e. The van der Waals surface area contributed by atoms with E-state index in [0.717, 1.165) is 29.1 Å². The molecule has 0 spiro atoms. The van der Waals surface area contributed by atoms with E-state index in [2.05, 4.69) is 27.4 Å². The van der Waals surface area contributed by atoms with Crippen LogP contribution in [0.3, 0.4) is 0 Å². The molecule has 0 unspecified atom stereocenters. The Morgan fingerprint density at radius 1 is 0.895 bits per heavy atom. The molecule has 1 N–H and O–H groups in total. The van der Waals surface area contributed by atoms with Crippen molar-refractivity contribution in [1.82, 2.24) is 9.97 Å². The quantitative estimate of drug-likeness (QED) is 0.771. The first-order chi connectivity index (χ1) is 9.31. The average molecular weight is 249 g/mol. The van der Waals surface area contributed by atoms with Crippen molar-refractivity contribution in [1.29, 1.82) is 0 Å². The molecule has 94 valence electrons. The van der Waals surface area contributed by atoms with Crippen LogP contribution in [0.4, 0.5) is 5.82 Å². The summed E-state index contributed by atoms with van der Waals surface area (Å²) in [6.07, 6.45) is 0. The number of hydrogen-bond acceptors (Lipinski definition) is 3. The molecule has 19 heavy (non-hydrogen) atoms. The first-order valence-electron chi connectivity index (χ1n) is 6.33. The second kappa shape index (κ2) is 5.06. The Hall–Kier alpha value is -2.42. The first kappa shape index (κ1) is 11.7. The molecule has 2 heterocycles. The molecule has 0 aliphatic rings. The van der Waals surface area contributed by atoms with E-state index in [1.807, 2.05) is 49.4 Å². The van der Waals surface area contributed by atoms with Gasteiger partial charge in [0.2, 0.25) is 0 Å². The van der Waals surface area contributed by atoms with E-state index in [-0.39, 0.29) is 0 Å². The highest BCUT2D eigenvalue weighted by Crippen LogP contribution is 2.14. The van der Waals surface area contributed by atoms with Crippen LogP contribution in [0.1, 0.15) is 11.3 Å². The second-order valence-electron chi connectivity index (χ2n) is 4.53. The monoisotopic (exact) mass is 249 g/mol. The summed E-state index contributed by atoms with van der Waals surface area (Å²) in [4.78, 5) is 8.97.